The number of esters is 1. The number of nitrogens with one attached hydrogen (secondary N) is 1. The Morgan fingerprint density at radius 3 is 2.61 bits per heavy atom. The number of H-pyrrole nitrogens is 1. The lowest BCUT2D eigenvalue weighted by atomic mass is 10.1. The van der Waals surface area contributed by atoms with Gasteiger partial charge >= 0.3 is 5.97 Å². The number of benzene rings is 2. The average Bonchev–Trinajstić information content (AvgIpc) is 2.97. The van der Waals surface area contributed by atoms with Crippen molar-refractivity contribution in [3.8, 4) is 11.3 Å². The van der Waals surface area contributed by atoms with E-state index in [-0.39, 0.29) is 5.97 Å². The van der Waals surface area contributed by atoms with Crippen LogP contribution in [-0.4, -0.2) is 17.6 Å². The Kier molecular flexibility index (Phi) is 4.47. The summed E-state index contributed by atoms with van der Waals surface area (Å²) in [5.74, 6) is -0.137. The first kappa shape index (κ1) is 15.3. The van der Waals surface area contributed by atoms with Gasteiger partial charge in [-0.2, -0.15) is 0 Å². The van der Waals surface area contributed by atoms with Gasteiger partial charge in [0, 0.05) is 23.0 Å². The molecule has 1 heterocycles. The molecule has 0 aliphatic heterocycles. The fourth-order valence-corrected chi connectivity index (χ4v) is 2.71. The van der Waals surface area contributed by atoms with Crippen LogP contribution >= 0.6 is 0 Å². The van der Waals surface area contributed by atoms with Gasteiger partial charge in [-0.1, -0.05) is 35.9 Å². The number of carbonyl (C=O) groups is 1. The highest BCUT2D eigenvalue weighted by Gasteiger charge is 2.06. The Hall–Kier alpha value is -2.55. The fraction of sp³-hybridized carbons (Fsp3) is 0.250. The Bertz CT molecular complexity index is 815. The van der Waals surface area contributed by atoms with Crippen molar-refractivity contribution in [1.29, 1.82) is 0 Å². The zero-order valence-corrected chi connectivity index (χ0v) is 13.6. The van der Waals surface area contributed by atoms with E-state index < -0.39 is 0 Å². The Balaban J connectivity index is 1.80. The third-order valence-corrected chi connectivity index (χ3v) is 3.97. The van der Waals surface area contributed by atoms with Crippen LogP contribution in [0, 0.1) is 6.92 Å². The number of ether oxygens (including phenoxy) is 1. The Labute approximate surface area is 136 Å². The third-order valence-electron chi connectivity index (χ3n) is 3.97. The van der Waals surface area contributed by atoms with Crippen molar-refractivity contribution < 1.29 is 9.53 Å². The molecule has 3 aromatic rings. The van der Waals surface area contributed by atoms with Gasteiger partial charge in [0.15, 0.2) is 0 Å². The maximum atomic E-state index is 11.5. The van der Waals surface area contributed by atoms with Gasteiger partial charge in [-0.3, -0.25) is 4.79 Å². The van der Waals surface area contributed by atoms with E-state index in [9.17, 15) is 4.79 Å². The summed E-state index contributed by atoms with van der Waals surface area (Å²) in [7, 11) is 0. The van der Waals surface area contributed by atoms with Crippen LogP contribution in [0.2, 0.25) is 0 Å². The van der Waals surface area contributed by atoms with E-state index in [1.807, 2.05) is 6.92 Å². The van der Waals surface area contributed by atoms with Gasteiger partial charge in [0.05, 0.1) is 6.61 Å². The summed E-state index contributed by atoms with van der Waals surface area (Å²) >= 11 is 0. The van der Waals surface area contributed by atoms with Crippen LogP contribution in [0.5, 0.6) is 0 Å². The van der Waals surface area contributed by atoms with Gasteiger partial charge in [0.1, 0.15) is 0 Å². The van der Waals surface area contributed by atoms with Crippen LogP contribution in [0.25, 0.3) is 22.2 Å². The smallest absolute Gasteiger partial charge is 0.306 e. The predicted molar refractivity (Wildman–Crippen MR) is 93.4 cm³/mol. The molecule has 0 aliphatic carbocycles. The molecule has 0 bridgehead atoms. The zero-order valence-electron chi connectivity index (χ0n) is 13.6. The molecule has 3 rings (SSSR count). The maximum absolute atomic E-state index is 11.5. The lowest BCUT2D eigenvalue weighted by molar-refractivity contribution is -0.143. The van der Waals surface area contributed by atoms with E-state index in [4.69, 9.17) is 4.74 Å². The summed E-state index contributed by atoms with van der Waals surface area (Å²) in [5, 5.41) is 1.17. The van der Waals surface area contributed by atoms with Crippen LogP contribution in [-0.2, 0) is 16.0 Å². The monoisotopic (exact) mass is 307 g/mol. The minimum absolute atomic E-state index is 0.137. The van der Waals surface area contributed by atoms with Gasteiger partial charge < -0.3 is 9.72 Å². The summed E-state index contributed by atoms with van der Waals surface area (Å²) in [6, 6.07) is 16.9. The van der Waals surface area contributed by atoms with Gasteiger partial charge in [-0.25, -0.2) is 0 Å². The molecule has 0 unspecified atom stereocenters. The number of aromatic amines is 1. The Morgan fingerprint density at radius 1 is 1.09 bits per heavy atom. The minimum atomic E-state index is -0.137. The lowest BCUT2D eigenvalue weighted by Crippen LogP contribution is -2.04. The van der Waals surface area contributed by atoms with Crippen molar-refractivity contribution in [2.75, 3.05) is 6.61 Å². The first-order valence-electron chi connectivity index (χ1n) is 8.00. The van der Waals surface area contributed by atoms with E-state index >= 15 is 0 Å². The molecule has 1 aromatic heterocycles. The molecule has 0 amide bonds. The van der Waals surface area contributed by atoms with Crippen molar-refractivity contribution in [2.45, 2.75) is 26.7 Å². The molecule has 0 spiro atoms. The highest BCUT2D eigenvalue weighted by Crippen LogP contribution is 2.25. The normalized spacial score (nSPS) is 10.9. The van der Waals surface area contributed by atoms with Gasteiger partial charge in [-0.15, -0.1) is 0 Å². The van der Waals surface area contributed by atoms with Gasteiger partial charge in [-0.05, 0) is 49.6 Å². The van der Waals surface area contributed by atoms with Gasteiger partial charge in [0.2, 0.25) is 0 Å². The summed E-state index contributed by atoms with van der Waals surface area (Å²) in [5.41, 5.74) is 5.81. The lowest BCUT2D eigenvalue weighted by Gasteiger charge is -2.02. The number of hydrogen-bond donors (Lipinski definition) is 1. The number of rotatable bonds is 5. The second kappa shape index (κ2) is 6.69. The quantitative estimate of drug-likeness (QED) is 0.698. The van der Waals surface area contributed by atoms with Crippen molar-refractivity contribution in [3.63, 3.8) is 0 Å². The number of aromatic nitrogens is 1. The number of fused-ring (bicyclic) bond motifs is 1. The zero-order chi connectivity index (χ0) is 16.2. The molecular formula is C20H21NO2. The van der Waals surface area contributed by atoms with E-state index in [2.05, 4.69) is 60.4 Å². The van der Waals surface area contributed by atoms with Gasteiger partial charge in [0.25, 0.3) is 0 Å². The van der Waals surface area contributed by atoms with Crippen molar-refractivity contribution in [1.82, 2.24) is 4.98 Å². The van der Waals surface area contributed by atoms with E-state index in [1.54, 1.807) is 0 Å². The van der Waals surface area contributed by atoms with Crippen LogP contribution in [0.4, 0.5) is 0 Å². The van der Waals surface area contributed by atoms with E-state index in [1.165, 1.54) is 16.5 Å². The first-order valence-corrected chi connectivity index (χ1v) is 8.00. The summed E-state index contributed by atoms with van der Waals surface area (Å²) in [6.45, 7) is 4.36. The van der Waals surface area contributed by atoms with Crippen LogP contribution in [0.3, 0.4) is 0 Å². The van der Waals surface area contributed by atoms with Crippen molar-refractivity contribution in [2.24, 2.45) is 0 Å². The molecule has 1 N–H and O–H groups in total. The molecule has 0 atom stereocenters. The summed E-state index contributed by atoms with van der Waals surface area (Å²) in [4.78, 5) is 14.9. The first-order chi connectivity index (χ1) is 11.2. The molecule has 0 saturated carbocycles. The number of hydrogen-bond acceptors (Lipinski definition) is 2. The second-order valence-corrected chi connectivity index (χ2v) is 5.78. The summed E-state index contributed by atoms with van der Waals surface area (Å²) < 4.78 is 4.98. The largest absolute Gasteiger partial charge is 0.466 e. The highest BCUT2D eigenvalue weighted by molar-refractivity contribution is 5.86. The summed E-state index contributed by atoms with van der Waals surface area (Å²) in [6.07, 6.45) is 1.13. The SMILES string of the molecule is CCOC(=O)CCc1ccc2[nH]c(-c3ccc(C)cc3)cc2c1. The molecule has 0 aliphatic rings. The third kappa shape index (κ3) is 3.62. The van der Waals surface area contributed by atoms with Crippen molar-refractivity contribution >= 4 is 16.9 Å². The molecule has 0 saturated heterocycles. The number of aryl methyl sites for hydroxylation is 2. The highest BCUT2D eigenvalue weighted by atomic mass is 16.5. The Morgan fingerprint density at radius 2 is 1.87 bits per heavy atom. The molecule has 118 valence electrons. The average molecular weight is 307 g/mol. The van der Waals surface area contributed by atoms with Crippen LogP contribution in [0.15, 0.2) is 48.5 Å². The van der Waals surface area contributed by atoms with E-state index in [0.717, 1.165) is 16.8 Å². The van der Waals surface area contributed by atoms with E-state index in [0.29, 0.717) is 19.4 Å². The molecule has 3 nitrogen and oxygen atoms in total. The van der Waals surface area contributed by atoms with Crippen LogP contribution in [0.1, 0.15) is 24.5 Å². The molecule has 3 heteroatoms. The topological polar surface area (TPSA) is 42.1 Å². The maximum Gasteiger partial charge on any atom is 0.306 e. The second-order valence-electron chi connectivity index (χ2n) is 5.78. The standard InChI is InChI=1S/C20H21NO2/c1-3-23-20(22)11-7-15-6-10-18-17(12-15)13-19(21-18)16-8-4-14(2)5-9-16/h4-6,8-10,12-13,21H,3,7,11H2,1-2H3. The van der Waals surface area contributed by atoms with Crippen molar-refractivity contribution in [3.05, 3.63) is 59.7 Å². The fourth-order valence-electron chi connectivity index (χ4n) is 2.71. The molecule has 2 aromatic carbocycles. The predicted octanol–water partition coefficient (Wildman–Crippen LogP) is 4.64. The van der Waals surface area contributed by atoms with Crippen LogP contribution < -0.4 is 0 Å². The molecule has 0 fully saturated rings. The molecule has 0 radical (unpaired) electrons. The molecule has 23 heavy (non-hydrogen) atoms. The minimum Gasteiger partial charge on any atom is -0.466 e. The number of carbonyl (C=O) groups excluding carboxylic acids is 1. The molecular weight excluding hydrogens is 286 g/mol.